The molecule has 0 aliphatic carbocycles. The Balaban J connectivity index is 1.97. The number of halogens is 1. The molecule has 96 valence electrons. The van der Waals surface area contributed by atoms with Gasteiger partial charge in [0, 0.05) is 29.9 Å². The minimum absolute atomic E-state index is 0.640. The van der Waals surface area contributed by atoms with Crippen LogP contribution in [0.3, 0.4) is 0 Å². The fourth-order valence-electron chi connectivity index (χ4n) is 1.60. The molecule has 0 aliphatic heterocycles. The van der Waals surface area contributed by atoms with Gasteiger partial charge < -0.3 is 4.74 Å². The number of hydrogen-bond donors (Lipinski definition) is 0. The monoisotopic (exact) mass is 282 g/mol. The van der Waals surface area contributed by atoms with E-state index in [-0.39, 0.29) is 0 Å². The van der Waals surface area contributed by atoms with Crippen molar-refractivity contribution in [3.05, 3.63) is 40.0 Å². The maximum Gasteiger partial charge on any atom is 0.212 e. The summed E-state index contributed by atoms with van der Waals surface area (Å²) in [6.07, 6.45) is 4.59. The zero-order chi connectivity index (χ0) is 12.8. The molecule has 5 heteroatoms. The second kappa shape index (κ2) is 6.71. The van der Waals surface area contributed by atoms with Crippen LogP contribution in [-0.4, -0.2) is 23.0 Å². The molecule has 0 aliphatic rings. The summed E-state index contributed by atoms with van der Waals surface area (Å²) < 4.78 is 5.03. The highest BCUT2D eigenvalue weighted by Crippen LogP contribution is 2.16. The van der Waals surface area contributed by atoms with Crippen molar-refractivity contribution in [1.82, 2.24) is 9.97 Å². The van der Waals surface area contributed by atoms with Crippen molar-refractivity contribution in [2.24, 2.45) is 0 Å². The highest BCUT2D eigenvalue weighted by molar-refractivity contribution is 7.09. The normalized spacial score (nSPS) is 10.6. The molecular formula is C13H15ClN2OS. The maximum absolute atomic E-state index is 5.67. The predicted octanol–water partition coefficient (Wildman–Crippen LogP) is 3.31. The van der Waals surface area contributed by atoms with Crippen molar-refractivity contribution < 1.29 is 4.74 Å². The average molecular weight is 283 g/mol. The van der Waals surface area contributed by atoms with Gasteiger partial charge in [-0.1, -0.05) is 6.07 Å². The lowest BCUT2D eigenvalue weighted by atomic mass is 10.2. The quantitative estimate of drug-likeness (QED) is 0.763. The van der Waals surface area contributed by atoms with Crippen LogP contribution in [0.2, 0.25) is 0 Å². The molecular weight excluding hydrogens is 268 g/mol. The Morgan fingerprint density at radius 2 is 2.28 bits per heavy atom. The first kappa shape index (κ1) is 13.3. The fourth-order valence-corrected chi connectivity index (χ4v) is 2.60. The van der Waals surface area contributed by atoms with Gasteiger partial charge in [0.15, 0.2) is 0 Å². The molecule has 3 nitrogen and oxygen atoms in total. The number of hydrogen-bond acceptors (Lipinski definition) is 4. The fraction of sp³-hybridized carbons (Fsp3) is 0.385. The number of aryl methyl sites for hydroxylation is 1. The Labute approximate surface area is 116 Å². The van der Waals surface area contributed by atoms with Gasteiger partial charge in [-0.05, 0) is 18.4 Å². The largest absolute Gasteiger partial charge is 0.481 e. The second-order valence-electron chi connectivity index (χ2n) is 3.91. The third-order valence-electron chi connectivity index (χ3n) is 2.53. The minimum atomic E-state index is 0.640. The summed E-state index contributed by atoms with van der Waals surface area (Å²) in [5.41, 5.74) is 2.28. The molecule has 2 rings (SSSR count). The van der Waals surface area contributed by atoms with E-state index in [1.54, 1.807) is 18.4 Å². The van der Waals surface area contributed by atoms with Gasteiger partial charge in [0.2, 0.25) is 5.88 Å². The minimum Gasteiger partial charge on any atom is -0.481 e. The van der Waals surface area contributed by atoms with Gasteiger partial charge in [-0.2, -0.15) is 0 Å². The van der Waals surface area contributed by atoms with Crippen LogP contribution in [0.25, 0.3) is 0 Å². The van der Waals surface area contributed by atoms with Gasteiger partial charge in [0.25, 0.3) is 0 Å². The van der Waals surface area contributed by atoms with E-state index >= 15 is 0 Å². The van der Waals surface area contributed by atoms with Crippen molar-refractivity contribution in [3.8, 4) is 5.88 Å². The van der Waals surface area contributed by atoms with Crippen LogP contribution in [0, 0.1) is 0 Å². The molecule has 0 spiro atoms. The van der Waals surface area contributed by atoms with Crippen molar-refractivity contribution in [2.45, 2.75) is 19.3 Å². The predicted molar refractivity (Wildman–Crippen MR) is 74.8 cm³/mol. The number of rotatable bonds is 6. The molecule has 0 saturated carbocycles. The number of nitrogens with zero attached hydrogens (tertiary/aromatic N) is 2. The average Bonchev–Trinajstić information content (AvgIpc) is 2.85. The molecule has 0 saturated heterocycles. The van der Waals surface area contributed by atoms with Crippen LogP contribution >= 0.6 is 22.9 Å². The summed E-state index contributed by atoms with van der Waals surface area (Å²) in [5.74, 6) is 1.33. The first-order valence-corrected chi connectivity index (χ1v) is 7.21. The molecule has 2 aromatic heterocycles. The first-order valence-electron chi connectivity index (χ1n) is 5.80. The molecule has 0 amide bonds. The Morgan fingerprint density at radius 1 is 1.39 bits per heavy atom. The number of pyridine rings is 1. The van der Waals surface area contributed by atoms with Gasteiger partial charge in [0.1, 0.15) is 0 Å². The van der Waals surface area contributed by atoms with E-state index in [9.17, 15) is 0 Å². The van der Waals surface area contributed by atoms with E-state index in [1.807, 2.05) is 18.3 Å². The van der Waals surface area contributed by atoms with Gasteiger partial charge in [-0.3, -0.25) is 0 Å². The molecule has 0 radical (unpaired) electrons. The summed E-state index contributed by atoms with van der Waals surface area (Å²) >= 11 is 7.36. The zero-order valence-electron chi connectivity index (χ0n) is 10.2. The summed E-state index contributed by atoms with van der Waals surface area (Å²) in [7, 11) is 1.62. The number of thiazole rings is 1. The van der Waals surface area contributed by atoms with Gasteiger partial charge in [-0.25, -0.2) is 9.97 Å². The number of ether oxygens (including phenoxy) is 1. The number of alkyl halides is 1. The molecule has 0 bridgehead atoms. The van der Waals surface area contributed by atoms with Crippen molar-refractivity contribution in [3.63, 3.8) is 0 Å². The van der Waals surface area contributed by atoms with Crippen molar-refractivity contribution in [1.29, 1.82) is 0 Å². The molecule has 0 fully saturated rings. The molecule has 2 heterocycles. The number of aromatic nitrogens is 2. The van der Waals surface area contributed by atoms with Crippen LogP contribution in [0.1, 0.15) is 22.7 Å². The third kappa shape index (κ3) is 3.68. The molecule has 2 aromatic rings. The first-order chi connectivity index (χ1) is 8.81. The highest BCUT2D eigenvalue weighted by Gasteiger charge is 2.04. The Hall–Kier alpha value is -1.13. The van der Waals surface area contributed by atoms with Gasteiger partial charge in [-0.15, -0.1) is 22.9 Å². The Bertz CT molecular complexity index is 484. The Kier molecular flexibility index (Phi) is 4.96. The van der Waals surface area contributed by atoms with E-state index in [2.05, 4.69) is 15.3 Å². The summed E-state index contributed by atoms with van der Waals surface area (Å²) in [6.45, 7) is 0. The van der Waals surface area contributed by atoms with Crippen LogP contribution in [0.4, 0.5) is 0 Å². The molecule has 18 heavy (non-hydrogen) atoms. The van der Waals surface area contributed by atoms with Crippen LogP contribution < -0.4 is 4.74 Å². The van der Waals surface area contributed by atoms with E-state index in [0.29, 0.717) is 11.8 Å². The summed E-state index contributed by atoms with van der Waals surface area (Å²) in [5, 5.41) is 3.23. The lowest BCUT2D eigenvalue weighted by Gasteiger charge is -2.00. The van der Waals surface area contributed by atoms with Gasteiger partial charge in [0.05, 0.1) is 17.8 Å². The van der Waals surface area contributed by atoms with E-state index in [1.165, 1.54) is 0 Å². The summed E-state index contributed by atoms with van der Waals surface area (Å²) in [6, 6.07) is 3.89. The molecule has 0 atom stereocenters. The van der Waals surface area contributed by atoms with Crippen LogP contribution in [0.5, 0.6) is 5.88 Å². The number of methoxy groups -OCH3 is 1. The van der Waals surface area contributed by atoms with E-state index < -0.39 is 0 Å². The zero-order valence-corrected chi connectivity index (χ0v) is 11.8. The van der Waals surface area contributed by atoms with Gasteiger partial charge >= 0.3 is 0 Å². The highest BCUT2D eigenvalue weighted by atomic mass is 35.5. The van der Waals surface area contributed by atoms with Crippen LogP contribution in [0.15, 0.2) is 23.7 Å². The van der Waals surface area contributed by atoms with E-state index in [4.69, 9.17) is 16.3 Å². The molecule has 0 unspecified atom stereocenters. The maximum atomic E-state index is 5.67. The van der Waals surface area contributed by atoms with Crippen molar-refractivity contribution in [2.75, 3.05) is 13.0 Å². The SMILES string of the molecule is COc1ccc(Cc2nc(CCCCl)cs2)cn1. The van der Waals surface area contributed by atoms with Crippen molar-refractivity contribution >= 4 is 22.9 Å². The standard InChI is InChI=1S/C13H15ClN2OS/c1-17-12-5-4-10(8-15-12)7-13-16-11(9-18-13)3-2-6-14/h4-5,8-9H,2-3,6-7H2,1H3. The topological polar surface area (TPSA) is 35.0 Å². The lowest BCUT2D eigenvalue weighted by Crippen LogP contribution is -1.92. The Morgan fingerprint density at radius 3 is 2.94 bits per heavy atom. The van der Waals surface area contributed by atoms with Crippen LogP contribution in [-0.2, 0) is 12.8 Å². The second-order valence-corrected chi connectivity index (χ2v) is 5.23. The third-order valence-corrected chi connectivity index (χ3v) is 3.69. The molecule has 0 aromatic carbocycles. The lowest BCUT2D eigenvalue weighted by molar-refractivity contribution is 0.397. The van der Waals surface area contributed by atoms with E-state index in [0.717, 1.165) is 35.5 Å². The molecule has 0 N–H and O–H groups in total. The summed E-state index contributed by atoms with van der Waals surface area (Å²) in [4.78, 5) is 8.77. The smallest absolute Gasteiger partial charge is 0.212 e.